The molecule has 3 heteroatoms. The maximum absolute atomic E-state index is 14.4. The zero-order valence-corrected chi connectivity index (χ0v) is 11.9. The number of nitrogens with zero attached hydrogens (tertiary/aromatic N) is 1. The van der Waals surface area contributed by atoms with E-state index in [0.29, 0.717) is 19.1 Å². The Morgan fingerprint density at radius 3 is 2.67 bits per heavy atom. The van der Waals surface area contributed by atoms with Crippen molar-refractivity contribution in [1.82, 2.24) is 4.90 Å². The van der Waals surface area contributed by atoms with Crippen molar-refractivity contribution in [2.24, 2.45) is 5.41 Å². The lowest BCUT2D eigenvalue weighted by Crippen LogP contribution is -2.52. The first-order valence-electron chi connectivity index (χ1n) is 7.46. The van der Waals surface area contributed by atoms with E-state index < -0.39 is 6.17 Å². The van der Waals surface area contributed by atoms with Crippen LogP contribution in [0.5, 0.6) is 0 Å². The van der Waals surface area contributed by atoms with Crippen molar-refractivity contribution in [3.63, 3.8) is 0 Å². The summed E-state index contributed by atoms with van der Waals surface area (Å²) < 4.78 is 20.2. The number of fused-ring (bicyclic) bond motifs is 1. The van der Waals surface area contributed by atoms with E-state index >= 15 is 0 Å². The van der Waals surface area contributed by atoms with Gasteiger partial charge in [0, 0.05) is 5.54 Å². The molecule has 0 amide bonds. The maximum atomic E-state index is 14.4. The fourth-order valence-electron chi connectivity index (χ4n) is 4.03. The summed E-state index contributed by atoms with van der Waals surface area (Å²) in [5.74, 6) is 0. The molecule has 3 atom stereocenters. The predicted molar refractivity (Wildman–Crippen MR) is 70.4 cm³/mol. The zero-order chi connectivity index (χ0) is 13.0. The van der Waals surface area contributed by atoms with E-state index in [1.165, 1.54) is 19.3 Å². The molecule has 0 spiro atoms. The van der Waals surface area contributed by atoms with Crippen molar-refractivity contribution in [1.29, 1.82) is 0 Å². The molecule has 3 unspecified atom stereocenters. The van der Waals surface area contributed by atoms with Gasteiger partial charge in [0.1, 0.15) is 6.17 Å². The highest BCUT2D eigenvalue weighted by atomic mass is 19.1. The lowest BCUT2D eigenvalue weighted by molar-refractivity contribution is 0.00138. The first-order valence-corrected chi connectivity index (χ1v) is 7.46. The average Bonchev–Trinajstić information content (AvgIpc) is 2.91. The smallest absolute Gasteiger partial charge is 0.120 e. The Morgan fingerprint density at radius 1 is 1.33 bits per heavy atom. The molecule has 0 aromatic carbocycles. The molecule has 2 heterocycles. The quantitative estimate of drug-likeness (QED) is 0.768. The van der Waals surface area contributed by atoms with Crippen molar-refractivity contribution in [2.75, 3.05) is 13.2 Å². The van der Waals surface area contributed by atoms with Crippen LogP contribution < -0.4 is 0 Å². The van der Waals surface area contributed by atoms with Crippen LogP contribution in [0.1, 0.15) is 52.9 Å². The van der Waals surface area contributed by atoms with Crippen molar-refractivity contribution in [2.45, 2.75) is 76.7 Å². The first kappa shape index (κ1) is 12.9. The van der Waals surface area contributed by atoms with Crippen LogP contribution >= 0.6 is 0 Å². The molecule has 0 aromatic heterocycles. The van der Waals surface area contributed by atoms with Crippen LogP contribution in [-0.4, -0.2) is 41.9 Å². The van der Waals surface area contributed by atoms with Gasteiger partial charge >= 0.3 is 0 Å². The summed E-state index contributed by atoms with van der Waals surface area (Å²) in [4.78, 5) is 2.44. The van der Waals surface area contributed by atoms with Crippen LogP contribution in [0.15, 0.2) is 0 Å². The van der Waals surface area contributed by atoms with Crippen LogP contribution in [0.4, 0.5) is 4.39 Å². The van der Waals surface area contributed by atoms with Gasteiger partial charge in [0.25, 0.3) is 0 Å². The van der Waals surface area contributed by atoms with Crippen molar-refractivity contribution in [3.8, 4) is 0 Å². The molecule has 104 valence electrons. The third-order valence-corrected chi connectivity index (χ3v) is 5.31. The zero-order valence-electron chi connectivity index (χ0n) is 11.9. The van der Waals surface area contributed by atoms with E-state index in [1.807, 2.05) is 0 Å². The van der Waals surface area contributed by atoms with Gasteiger partial charge < -0.3 is 4.74 Å². The maximum Gasteiger partial charge on any atom is 0.120 e. The first-order chi connectivity index (χ1) is 8.44. The molecule has 1 aliphatic carbocycles. The summed E-state index contributed by atoms with van der Waals surface area (Å²) in [6.45, 7) is 8.45. The highest BCUT2D eigenvalue weighted by Gasteiger charge is 2.59. The van der Waals surface area contributed by atoms with Gasteiger partial charge in [-0.2, -0.15) is 0 Å². The Balaban J connectivity index is 1.76. The minimum atomic E-state index is -0.705. The van der Waals surface area contributed by atoms with Gasteiger partial charge in [-0.1, -0.05) is 20.8 Å². The van der Waals surface area contributed by atoms with Gasteiger partial charge in [-0.3, -0.25) is 4.90 Å². The number of halogens is 1. The van der Waals surface area contributed by atoms with Gasteiger partial charge in [0.05, 0.1) is 18.8 Å². The van der Waals surface area contributed by atoms with Gasteiger partial charge in [-0.05, 0) is 44.1 Å². The largest absolute Gasteiger partial charge is 0.376 e. The fraction of sp³-hybridized carbons (Fsp3) is 1.00. The summed E-state index contributed by atoms with van der Waals surface area (Å²) in [5.41, 5.74) is 0.228. The monoisotopic (exact) mass is 255 g/mol. The highest BCUT2D eigenvalue weighted by molar-refractivity contribution is 5.13. The molecule has 3 fully saturated rings. The Labute approximate surface area is 110 Å². The summed E-state index contributed by atoms with van der Waals surface area (Å²) in [7, 11) is 0. The Morgan fingerprint density at radius 2 is 2.06 bits per heavy atom. The second-order valence-corrected chi connectivity index (χ2v) is 7.40. The molecule has 0 bridgehead atoms. The van der Waals surface area contributed by atoms with Crippen LogP contribution in [0.25, 0.3) is 0 Å². The number of alkyl halides is 1. The molecule has 0 aromatic rings. The predicted octanol–water partition coefficient (Wildman–Crippen LogP) is 3.16. The van der Waals surface area contributed by atoms with Crippen LogP contribution in [0.2, 0.25) is 0 Å². The van der Waals surface area contributed by atoms with E-state index in [-0.39, 0.29) is 17.0 Å². The molecular formula is C15H26FNO. The Bertz CT molecular complexity index is 323. The molecule has 3 rings (SSSR count). The van der Waals surface area contributed by atoms with E-state index in [4.69, 9.17) is 4.74 Å². The molecule has 0 radical (unpaired) electrons. The SMILES string of the molecule is CC(C)(C)C12CCCN1C(COC1CC1)C(F)C2. The summed E-state index contributed by atoms with van der Waals surface area (Å²) >= 11 is 0. The van der Waals surface area contributed by atoms with Crippen molar-refractivity contribution >= 4 is 0 Å². The molecule has 18 heavy (non-hydrogen) atoms. The van der Waals surface area contributed by atoms with E-state index in [9.17, 15) is 4.39 Å². The minimum Gasteiger partial charge on any atom is -0.376 e. The van der Waals surface area contributed by atoms with Gasteiger partial charge in [-0.25, -0.2) is 4.39 Å². The third-order valence-electron chi connectivity index (χ3n) is 5.31. The summed E-state index contributed by atoms with van der Waals surface area (Å²) in [6.07, 6.45) is 5.14. The van der Waals surface area contributed by atoms with Crippen molar-refractivity contribution in [3.05, 3.63) is 0 Å². The summed E-state index contributed by atoms with van der Waals surface area (Å²) in [6, 6.07) is 0.00678. The standard InChI is InChI=1S/C15H26FNO/c1-14(2,3)15-7-4-8-17(15)13(12(16)9-15)10-18-11-5-6-11/h11-13H,4-10H2,1-3H3. The molecular weight excluding hydrogens is 229 g/mol. The minimum absolute atomic E-state index is 0.00678. The second-order valence-electron chi connectivity index (χ2n) is 7.40. The third kappa shape index (κ3) is 1.90. The Hall–Kier alpha value is -0.150. The van der Waals surface area contributed by atoms with Crippen LogP contribution in [-0.2, 0) is 4.74 Å². The number of rotatable bonds is 3. The molecule has 1 saturated carbocycles. The highest BCUT2D eigenvalue weighted by Crippen LogP contribution is 2.53. The van der Waals surface area contributed by atoms with Crippen LogP contribution in [0.3, 0.4) is 0 Å². The fourth-order valence-corrected chi connectivity index (χ4v) is 4.03. The average molecular weight is 255 g/mol. The normalized spacial score (nSPS) is 41.3. The van der Waals surface area contributed by atoms with Gasteiger partial charge in [-0.15, -0.1) is 0 Å². The molecule has 2 nitrogen and oxygen atoms in total. The lowest BCUT2D eigenvalue weighted by atomic mass is 9.71. The molecule has 2 saturated heterocycles. The Kier molecular flexibility index (Phi) is 2.98. The van der Waals surface area contributed by atoms with Crippen LogP contribution in [0, 0.1) is 5.41 Å². The summed E-state index contributed by atoms with van der Waals surface area (Å²) in [5, 5.41) is 0. The van der Waals surface area contributed by atoms with Gasteiger partial charge in [0.2, 0.25) is 0 Å². The van der Waals surface area contributed by atoms with E-state index in [0.717, 1.165) is 13.0 Å². The molecule has 2 aliphatic heterocycles. The van der Waals surface area contributed by atoms with Gasteiger partial charge in [0.15, 0.2) is 0 Å². The topological polar surface area (TPSA) is 12.5 Å². The molecule has 0 N–H and O–H groups in total. The van der Waals surface area contributed by atoms with Crippen molar-refractivity contribution < 1.29 is 9.13 Å². The molecule has 3 aliphatic rings. The lowest BCUT2D eigenvalue weighted by Gasteiger charge is -2.45. The number of hydrogen-bond acceptors (Lipinski definition) is 2. The second kappa shape index (κ2) is 4.17. The number of ether oxygens (including phenoxy) is 1. The van der Waals surface area contributed by atoms with E-state index in [1.54, 1.807) is 0 Å². The van der Waals surface area contributed by atoms with E-state index in [2.05, 4.69) is 25.7 Å². The number of hydrogen-bond donors (Lipinski definition) is 0.